The molecule has 0 N–H and O–H groups in total. The molecule has 0 aliphatic heterocycles. The van der Waals surface area contributed by atoms with Gasteiger partial charge in [0, 0.05) is 22.4 Å². The monoisotopic (exact) mass is 329 g/mol. The van der Waals surface area contributed by atoms with E-state index in [-0.39, 0.29) is 0 Å². The van der Waals surface area contributed by atoms with Crippen molar-refractivity contribution in [2.24, 2.45) is 0 Å². The Morgan fingerprint density at radius 1 is 0.955 bits per heavy atom. The maximum absolute atomic E-state index is 5.64. The van der Waals surface area contributed by atoms with Crippen LogP contribution in [0.4, 0.5) is 0 Å². The summed E-state index contributed by atoms with van der Waals surface area (Å²) < 4.78 is 5.61. The van der Waals surface area contributed by atoms with E-state index < -0.39 is 0 Å². The van der Waals surface area contributed by atoms with Gasteiger partial charge in [0.15, 0.2) is 0 Å². The average Bonchev–Trinajstić information content (AvgIpc) is 3.07. The second kappa shape index (κ2) is 7.43. The molecule has 0 bridgehead atoms. The molecule has 3 aromatic rings. The summed E-state index contributed by atoms with van der Waals surface area (Å²) in [6, 6.07) is 18.3. The smallest absolute Gasteiger partial charge is 0.124 e. The minimum Gasteiger partial charge on any atom is -0.494 e. The molecule has 1 heterocycles. The van der Waals surface area contributed by atoms with Gasteiger partial charge in [0.1, 0.15) is 10.8 Å². The molecule has 2 nitrogen and oxygen atoms in total. The Morgan fingerprint density at radius 2 is 1.73 bits per heavy atom. The molecule has 0 saturated heterocycles. The quantitative estimate of drug-likeness (QED) is 0.441. The molecule has 0 aliphatic carbocycles. The highest BCUT2D eigenvalue weighted by atomic mass is 35.5. The van der Waals surface area contributed by atoms with Crippen LogP contribution in [0.3, 0.4) is 0 Å². The number of hydrogen-bond acceptors (Lipinski definition) is 3. The van der Waals surface area contributed by atoms with Gasteiger partial charge in [0.25, 0.3) is 0 Å². The minimum absolute atomic E-state index is 0.624. The standard InChI is InChI=1S/C18H16ClNOS/c19-11-4-12-21-16-9-7-14(8-10-16)17-13-22-18(20-17)15-5-2-1-3-6-15/h1-3,5-10,13H,4,11-12H2. The fourth-order valence-corrected chi connectivity index (χ4v) is 3.03. The van der Waals surface area contributed by atoms with Crippen molar-refractivity contribution in [3.05, 3.63) is 60.0 Å². The number of aromatic nitrogens is 1. The van der Waals surface area contributed by atoms with Gasteiger partial charge in [-0.3, -0.25) is 0 Å². The number of thiazole rings is 1. The predicted molar refractivity (Wildman–Crippen MR) is 93.8 cm³/mol. The van der Waals surface area contributed by atoms with E-state index in [1.807, 2.05) is 42.5 Å². The van der Waals surface area contributed by atoms with E-state index in [0.717, 1.165) is 34.0 Å². The summed E-state index contributed by atoms with van der Waals surface area (Å²) in [7, 11) is 0. The number of nitrogens with zero attached hydrogens (tertiary/aromatic N) is 1. The maximum atomic E-state index is 5.64. The highest BCUT2D eigenvalue weighted by Gasteiger charge is 2.06. The first kappa shape index (κ1) is 15.1. The minimum atomic E-state index is 0.624. The Labute approximate surface area is 139 Å². The molecule has 0 radical (unpaired) electrons. The fraction of sp³-hybridized carbons (Fsp3) is 0.167. The third kappa shape index (κ3) is 3.67. The molecule has 1 aromatic heterocycles. The van der Waals surface area contributed by atoms with Crippen LogP contribution in [0.25, 0.3) is 21.8 Å². The molecule has 4 heteroatoms. The van der Waals surface area contributed by atoms with Gasteiger partial charge in [-0.1, -0.05) is 30.3 Å². The van der Waals surface area contributed by atoms with Gasteiger partial charge in [-0.15, -0.1) is 22.9 Å². The summed E-state index contributed by atoms with van der Waals surface area (Å²) in [6.07, 6.45) is 0.857. The number of ether oxygens (including phenoxy) is 1. The van der Waals surface area contributed by atoms with Crippen LogP contribution in [-0.4, -0.2) is 17.5 Å². The van der Waals surface area contributed by atoms with Gasteiger partial charge in [-0.05, 0) is 30.7 Å². The number of benzene rings is 2. The summed E-state index contributed by atoms with van der Waals surface area (Å²) in [5.74, 6) is 1.49. The van der Waals surface area contributed by atoms with Crippen LogP contribution >= 0.6 is 22.9 Å². The Balaban J connectivity index is 1.73. The molecule has 0 fully saturated rings. The molecule has 0 spiro atoms. The SMILES string of the molecule is ClCCCOc1ccc(-c2csc(-c3ccccc3)n2)cc1. The average molecular weight is 330 g/mol. The lowest BCUT2D eigenvalue weighted by Gasteiger charge is -2.05. The van der Waals surface area contributed by atoms with Gasteiger partial charge in [-0.2, -0.15) is 0 Å². The Morgan fingerprint density at radius 3 is 2.45 bits per heavy atom. The molecule has 3 rings (SSSR count). The van der Waals surface area contributed by atoms with E-state index in [1.165, 1.54) is 0 Å². The molecule has 0 atom stereocenters. The van der Waals surface area contributed by atoms with E-state index in [2.05, 4.69) is 17.5 Å². The Kier molecular flexibility index (Phi) is 5.09. The summed E-state index contributed by atoms with van der Waals surface area (Å²) in [4.78, 5) is 4.72. The van der Waals surface area contributed by atoms with Crippen molar-refractivity contribution in [2.45, 2.75) is 6.42 Å². The van der Waals surface area contributed by atoms with Gasteiger partial charge in [0.05, 0.1) is 12.3 Å². The van der Waals surface area contributed by atoms with Crippen LogP contribution in [0, 0.1) is 0 Å². The molecule has 0 amide bonds. The fourth-order valence-electron chi connectivity index (χ4n) is 2.09. The van der Waals surface area contributed by atoms with Crippen molar-refractivity contribution in [1.29, 1.82) is 0 Å². The first-order valence-electron chi connectivity index (χ1n) is 7.17. The van der Waals surface area contributed by atoms with E-state index in [1.54, 1.807) is 11.3 Å². The highest BCUT2D eigenvalue weighted by molar-refractivity contribution is 7.13. The van der Waals surface area contributed by atoms with E-state index >= 15 is 0 Å². The van der Waals surface area contributed by atoms with Crippen LogP contribution in [0.1, 0.15) is 6.42 Å². The largest absolute Gasteiger partial charge is 0.494 e. The lowest BCUT2D eigenvalue weighted by molar-refractivity contribution is 0.318. The van der Waals surface area contributed by atoms with Crippen LogP contribution in [0.5, 0.6) is 5.75 Å². The Bertz CT molecular complexity index is 709. The van der Waals surface area contributed by atoms with E-state index in [0.29, 0.717) is 12.5 Å². The first-order valence-corrected chi connectivity index (χ1v) is 8.58. The second-order valence-corrected chi connectivity index (χ2v) is 6.06. The van der Waals surface area contributed by atoms with Crippen LogP contribution in [-0.2, 0) is 0 Å². The van der Waals surface area contributed by atoms with Crippen LogP contribution < -0.4 is 4.74 Å². The summed E-state index contributed by atoms with van der Waals surface area (Å²) in [5.41, 5.74) is 3.25. The molecular weight excluding hydrogens is 314 g/mol. The molecule has 112 valence electrons. The van der Waals surface area contributed by atoms with Crippen molar-refractivity contribution < 1.29 is 4.74 Å². The molecule has 22 heavy (non-hydrogen) atoms. The van der Waals surface area contributed by atoms with Crippen molar-refractivity contribution in [3.8, 4) is 27.6 Å². The summed E-state index contributed by atoms with van der Waals surface area (Å²) in [6.45, 7) is 0.650. The lowest BCUT2D eigenvalue weighted by Crippen LogP contribution is -1.97. The number of alkyl halides is 1. The second-order valence-electron chi connectivity index (χ2n) is 4.82. The molecule has 2 aromatic carbocycles. The lowest BCUT2D eigenvalue weighted by atomic mass is 10.1. The van der Waals surface area contributed by atoms with Gasteiger partial charge in [0.2, 0.25) is 0 Å². The zero-order chi connectivity index (χ0) is 15.2. The summed E-state index contributed by atoms with van der Waals surface area (Å²) in [5, 5.41) is 3.13. The zero-order valence-corrected chi connectivity index (χ0v) is 13.6. The predicted octanol–water partition coefficient (Wildman–Crippen LogP) is 5.48. The molecular formula is C18H16ClNOS. The topological polar surface area (TPSA) is 22.1 Å². The van der Waals surface area contributed by atoms with Crippen molar-refractivity contribution in [3.63, 3.8) is 0 Å². The first-order chi connectivity index (χ1) is 10.9. The zero-order valence-electron chi connectivity index (χ0n) is 12.0. The third-order valence-electron chi connectivity index (χ3n) is 3.22. The summed E-state index contributed by atoms with van der Waals surface area (Å²) >= 11 is 7.30. The molecule has 0 saturated carbocycles. The van der Waals surface area contributed by atoms with Crippen LogP contribution in [0.15, 0.2) is 60.0 Å². The molecule has 0 aliphatic rings. The number of rotatable bonds is 6. The van der Waals surface area contributed by atoms with Crippen molar-refractivity contribution in [1.82, 2.24) is 4.98 Å². The third-order valence-corrected chi connectivity index (χ3v) is 4.38. The number of hydrogen-bond donors (Lipinski definition) is 0. The normalized spacial score (nSPS) is 10.6. The highest BCUT2D eigenvalue weighted by Crippen LogP contribution is 2.29. The number of halogens is 1. The van der Waals surface area contributed by atoms with Crippen molar-refractivity contribution in [2.75, 3.05) is 12.5 Å². The van der Waals surface area contributed by atoms with E-state index in [9.17, 15) is 0 Å². The Hall–Kier alpha value is -1.84. The van der Waals surface area contributed by atoms with Gasteiger partial charge < -0.3 is 4.74 Å². The molecule has 0 unspecified atom stereocenters. The van der Waals surface area contributed by atoms with E-state index in [4.69, 9.17) is 21.3 Å². The maximum Gasteiger partial charge on any atom is 0.124 e. The van der Waals surface area contributed by atoms with Crippen LogP contribution in [0.2, 0.25) is 0 Å². The van der Waals surface area contributed by atoms with Crippen molar-refractivity contribution >= 4 is 22.9 Å². The van der Waals surface area contributed by atoms with Gasteiger partial charge in [-0.25, -0.2) is 4.98 Å². The van der Waals surface area contributed by atoms with Gasteiger partial charge >= 0.3 is 0 Å².